The van der Waals surface area contributed by atoms with Gasteiger partial charge in [0.2, 0.25) is 11.8 Å². The Morgan fingerprint density at radius 2 is 1.88 bits per heavy atom. The topological polar surface area (TPSA) is 126 Å². The smallest absolute Gasteiger partial charge is 0.248 e. The minimum Gasteiger partial charge on any atom is -0.325 e. The van der Waals surface area contributed by atoms with Crippen molar-refractivity contribution in [2.75, 3.05) is 25.5 Å². The van der Waals surface area contributed by atoms with E-state index in [1.807, 2.05) is 37.3 Å². The minimum atomic E-state index is -0.649. The maximum atomic E-state index is 14.3. The van der Waals surface area contributed by atoms with E-state index in [0.717, 1.165) is 55.5 Å². The molecule has 248 valence electrons. The van der Waals surface area contributed by atoms with Gasteiger partial charge in [0, 0.05) is 48.3 Å². The van der Waals surface area contributed by atoms with Crippen LogP contribution in [0.5, 0.6) is 0 Å². The molecule has 5 heterocycles. The summed E-state index contributed by atoms with van der Waals surface area (Å²) in [6.07, 6.45) is 13.1. The molecule has 11 nitrogen and oxygen atoms in total. The number of aryl methyl sites for hydroxylation is 1. The summed E-state index contributed by atoms with van der Waals surface area (Å²) in [7, 11) is 2.14. The molecule has 1 unspecified atom stereocenters. The van der Waals surface area contributed by atoms with Crippen LogP contribution in [-0.4, -0.2) is 84.4 Å². The number of carbonyl (C=O) groups excluding carboxylic acids is 3. The van der Waals surface area contributed by atoms with E-state index >= 15 is 0 Å². The Morgan fingerprint density at radius 3 is 2.67 bits per heavy atom. The molecule has 48 heavy (non-hydrogen) atoms. The molecule has 2 aliphatic heterocycles. The van der Waals surface area contributed by atoms with E-state index in [-0.39, 0.29) is 35.6 Å². The lowest BCUT2D eigenvalue weighted by atomic mass is 9.98. The number of aromatic nitrogens is 5. The summed E-state index contributed by atoms with van der Waals surface area (Å²) >= 11 is 3.46. The highest BCUT2D eigenvalue weighted by molar-refractivity contribution is 9.10. The number of hydrogen-bond acceptors (Lipinski definition) is 8. The van der Waals surface area contributed by atoms with Crippen LogP contribution in [0.3, 0.4) is 0 Å². The molecule has 1 saturated carbocycles. The standard InChI is InChI=1S/C36H39BrN8O3/c1-22(46)33-27-15-25(26-18-38-23(2)39-19-26)10-12-28(27)44(42-33)20-32(47)45-29-16-36(17-30(36)45)21-43(3)14-8-6-4-5-7-9-24-11-13-31(37)40-34(24)41-35(29)48/h5,7,10-13,15,18-19,29-30H,4,6,8-9,14,16-17,20-21H2,1-3H3,(H,40,41,48)/t29-,30?,36-/m0/s1. The number of halogens is 1. The Balaban J connectivity index is 1.20. The van der Waals surface area contributed by atoms with E-state index in [0.29, 0.717) is 45.7 Å². The molecular formula is C36H39BrN8O3. The van der Waals surface area contributed by atoms with E-state index in [2.05, 4.69) is 65.4 Å². The number of benzene rings is 1. The zero-order valence-corrected chi connectivity index (χ0v) is 29.0. The molecule has 1 spiro atoms. The number of anilines is 1. The fraction of sp³-hybridized carbons (Fsp3) is 0.417. The summed E-state index contributed by atoms with van der Waals surface area (Å²) in [6.45, 7) is 5.01. The molecule has 3 aliphatic rings. The lowest BCUT2D eigenvalue weighted by Crippen LogP contribution is -2.47. The van der Waals surface area contributed by atoms with E-state index in [1.54, 1.807) is 22.0 Å². The molecule has 2 fully saturated rings. The molecule has 1 N–H and O–H groups in total. The number of ketones is 1. The van der Waals surface area contributed by atoms with E-state index in [9.17, 15) is 14.4 Å². The van der Waals surface area contributed by atoms with Crippen LogP contribution >= 0.6 is 15.9 Å². The van der Waals surface area contributed by atoms with Gasteiger partial charge in [0.1, 0.15) is 34.5 Å². The van der Waals surface area contributed by atoms with Crippen LogP contribution in [0.25, 0.3) is 22.0 Å². The number of allylic oxidation sites excluding steroid dienone is 2. The number of hydrogen-bond donors (Lipinski definition) is 1. The summed E-state index contributed by atoms with van der Waals surface area (Å²) in [5.41, 5.74) is 3.42. The zero-order valence-electron chi connectivity index (χ0n) is 27.4. The molecule has 2 amide bonds. The number of fused-ring (bicyclic) bond motifs is 3. The number of nitrogens with one attached hydrogen (secondary N) is 1. The highest BCUT2D eigenvalue weighted by Crippen LogP contribution is 2.60. The Kier molecular flexibility index (Phi) is 8.71. The summed E-state index contributed by atoms with van der Waals surface area (Å²) in [6, 6.07) is 8.86. The van der Waals surface area contributed by atoms with Crippen molar-refractivity contribution in [1.29, 1.82) is 0 Å². The lowest BCUT2D eigenvalue weighted by Gasteiger charge is -2.27. The maximum Gasteiger partial charge on any atom is 0.248 e. The molecule has 12 heteroatoms. The number of carbonyl (C=O) groups is 3. The summed E-state index contributed by atoms with van der Waals surface area (Å²) in [5.74, 6) is 0.554. The third-order valence-electron chi connectivity index (χ3n) is 9.93. The van der Waals surface area contributed by atoms with Crippen molar-refractivity contribution < 1.29 is 14.4 Å². The SMILES string of the molecule is CC(=O)c1nn(CC(=O)N2C3C[C@]34C[C@H]2C(=O)Nc2nc(Br)ccc2CC=CCCCCN(C)C4)c2ccc(-c3cnc(C)nc3)cc12. The van der Waals surface area contributed by atoms with Gasteiger partial charge in [-0.15, -0.1) is 0 Å². The molecule has 0 radical (unpaired) electrons. The molecule has 3 aromatic heterocycles. The van der Waals surface area contributed by atoms with Gasteiger partial charge in [-0.05, 0) is 104 Å². The lowest BCUT2D eigenvalue weighted by molar-refractivity contribution is -0.138. The van der Waals surface area contributed by atoms with Gasteiger partial charge in [0.05, 0.1) is 5.52 Å². The molecule has 1 aromatic carbocycles. The van der Waals surface area contributed by atoms with Crippen molar-refractivity contribution in [1.82, 2.24) is 34.5 Å². The van der Waals surface area contributed by atoms with Crippen LogP contribution in [0, 0.1) is 12.3 Å². The van der Waals surface area contributed by atoms with Gasteiger partial charge in [-0.3, -0.25) is 19.1 Å². The number of likely N-dealkylation sites (tertiary alicyclic amines) is 1. The molecule has 2 bridgehead atoms. The number of Topliss-reactive ketones (excluding diaryl/α,β-unsaturated/α-hetero) is 1. The van der Waals surface area contributed by atoms with Gasteiger partial charge < -0.3 is 15.1 Å². The van der Waals surface area contributed by atoms with Gasteiger partial charge >= 0.3 is 0 Å². The van der Waals surface area contributed by atoms with Gasteiger partial charge in [-0.25, -0.2) is 15.0 Å². The van der Waals surface area contributed by atoms with Gasteiger partial charge in [-0.2, -0.15) is 5.10 Å². The second-order valence-electron chi connectivity index (χ2n) is 13.5. The van der Waals surface area contributed by atoms with Gasteiger partial charge in [-0.1, -0.05) is 24.3 Å². The van der Waals surface area contributed by atoms with Crippen LogP contribution in [0.1, 0.15) is 60.9 Å². The number of amides is 2. The fourth-order valence-corrected chi connectivity index (χ4v) is 7.77. The van der Waals surface area contributed by atoms with E-state index in [4.69, 9.17) is 0 Å². The van der Waals surface area contributed by atoms with Crippen LogP contribution in [0.15, 0.2) is 59.5 Å². The third-order valence-corrected chi connectivity index (χ3v) is 10.4. The first-order valence-electron chi connectivity index (χ1n) is 16.5. The van der Waals surface area contributed by atoms with Crippen LogP contribution in [0.4, 0.5) is 5.82 Å². The second-order valence-corrected chi connectivity index (χ2v) is 14.3. The summed E-state index contributed by atoms with van der Waals surface area (Å²) in [5, 5.41) is 8.37. The first-order valence-corrected chi connectivity index (χ1v) is 17.3. The van der Waals surface area contributed by atoms with Crippen molar-refractivity contribution in [2.45, 2.75) is 71.0 Å². The predicted octanol–water partition coefficient (Wildman–Crippen LogP) is 5.37. The maximum absolute atomic E-state index is 14.3. The molecule has 7 rings (SSSR count). The van der Waals surface area contributed by atoms with Crippen molar-refractivity contribution in [2.24, 2.45) is 5.41 Å². The first-order chi connectivity index (χ1) is 23.1. The average Bonchev–Trinajstić information content (AvgIpc) is 3.45. The fourth-order valence-electron chi connectivity index (χ4n) is 7.46. The first kappa shape index (κ1) is 32.3. The summed E-state index contributed by atoms with van der Waals surface area (Å²) in [4.78, 5) is 58.5. The van der Waals surface area contributed by atoms with Gasteiger partial charge in [0.25, 0.3) is 0 Å². The van der Waals surface area contributed by atoms with Crippen LogP contribution in [0.2, 0.25) is 0 Å². The van der Waals surface area contributed by atoms with Crippen molar-refractivity contribution in [3.8, 4) is 11.1 Å². The van der Waals surface area contributed by atoms with Crippen molar-refractivity contribution in [3.05, 3.63) is 76.6 Å². The molecule has 1 aliphatic carbocycles. The number of pyridine rings is 1. The molecule has 4 aromatic rings. The highest BCUT2D eigenvalue weighted by Gasteiger charge is 2.67. The van der Waals surface area contributed by atoms with E-state index in [1.165, 1.54) is 6.92 Å². The van der Waals surface area contributed by atoms with Crippen molar-refractivity contribution in [3.63, 3.8) is 0 Å². The Hall–Kier alpha value is -4.29. The Morgan fingerprint density at radius 1 is 1.06 bits per heavy atom. The molecular weight excluding hydrogens is 672 g/mol. The monoisotopic (exact) mass is 710 g/mol. The quantitative estimate of drug-likeness (QED) is 0.170. The summed E-state index contributed by atoms with van der Waals surface area (Å²) < 4.78 is 2.23. The Bertz CT molecular complexity index is 1940. The normalized spacial score (nSPS) is 23.1. The van der Waals surface area contributed by atoms with E-state index < -0.39 is 6.04 Å². The minimum absolute atomic E-state index is 0.0438. The zero-order chi connectivity index (χ0) is 33.6. The average molecular weight is 712 g/mol. The van der Waals surface area contributed by atoms with Crippen molar-refractivity contribution >= 4 is 50.2 Å². The number of piperidine rings is 1. The molecule has 3 atom stereocenters. The van der Waals surface area contributed by atoms with Crippen LogP contribution < -0.4 is 5.32 Å². The number of rotatable bonds is 4. The Labute approximate surface area is 288 Å². The van der Waals surface area contributed by atoms with Crippen LogP contribution in [-0.2, 0) is 22.6 Å². The third kappa shape index (κ3) is 6.30. The highest BCUT2D eigenvalue weighted by atomic mass is 79.9. The second kappa shape index (κ2) is 13.0. The molecule has 1 saturated heterocycles. The van der Waals surface area contributed by atoms with Gasteiger partial charge in [0.15, 0.2) is 5.78 Å². The largest absolute Gasteiger partial charge is 0.325 e. The number of nitrogens with zero attached hydrogens (tertiary/aromatic N) is 7. The predicted molar refractivity (Wildman–Crippen MR) is 186 cm³/mol.